The van der Waals surface area contributed by atoms with Crippen LogP contribution in [0.15, 0.2) is 46.3 Å². The maximum Gasteiger partial charge on any atom is 0.261 e. The predicted octanol–water partition coefficient (Wildman–Crippen LogP) is 2.26. The van der Waals surface area contributed by atoms with Crippen molar-refractivity contribution >= 4 is 46.1 Å². The first-order chi connectivity index (χ1) is 11.5. The van der Waals surface area contributed by atoms with Gasteiger partial charge in [-0.3, -0.25) is 19.2 Å². The van der Waals surface area contributed by atoms with Crippen LogP contribution in [0, 0.1) is 0 Å². The summed E-state index contributed by atoms with van der Waals surface area (Å²) < 4.78 is 1.83. The molecule has 0 aliphatic rings. The summed E-state index contributed by atoms with van der Waals surface area (Å²) in [5.74, 6) is 0.932. The van der Waals surface area contributed by atoms with Gasteiger partial charge in [-0.2, -0.15) is 0 Å². The van der Waals surface area contributed by atoms with E-state index in [1.807, 2.05) is 36.4 Å². The molecule has 25 heavy (non-hydrogen) atoms. The molecule has 3 heterocycles. The normalized spacial score (nSPS) is 12.2. The number of pyridine rings is 1. The van der Waals surface area contributed by atoms with Crippen LogP contribution in [0.1, 0.15) is 19.4 Å². The minimum Gasteiger partial charge on any atom is -0.383 e. The van der Waals surface area contributed by atoms with Gasteiger partial charge in [-0.1, -0.05) is 0 Å². The number of hydrogen-bond acceptors (Lipinski definition) is 4. The Morgan fingerprint density at radius 2 is 2.12 bits per heavy atom. The van der Waals surface area contributed by atoms with E-state index in [-0.39, 0.29) is 24.0 Å². The van der Waals surface area contributed by atoms with Gasteiger partial charge in [-0.25, -0.2) is 9.97 Å². The molecule has 0 saturated carbocycles. The molecule has 3 N–H and O–H groups in total. The van der Waals surface area contributed by atoms with Gasteiger partial charge in [0.15, 0.2) is 5.65 Å². The van der Waals surface area contributed by atoms with E-state index in [1.165, 1.54) is 0 Å². The third kappa shape index (κ3) is 2.72. The minimum absolute atomic E-state index is 0. The lowest BCUT2D eigenvalue weighted by Gasteiger charge is -2.05. The lowest BCUT2D eigenvalue weighted by atomic mass is 10.2. The first kappa shape index (κ1) is 16.9. The highest BCUT2D eigenvalue weighted by Crippen LogP contribution is 2.20. The second-order valence-electron chi connectivity index (χ2n) is 5.91. The van der Waals surface area contributed by atoms with Crippen molar-refractivity contribution in [3.8, 4) is 0 Å². The Labute approximate surface area is 149 Å². The highest BCUT2D eigenvalue weighted by atomic mass is 35.5. The smallest absolute Gasteiger partial charge is 0.261 e. The van der Waals surface area contributed by atoms with Crippen molar-refractivity contribution in [1.29, 1.82) is 0 Å². The number of fused-ring (bicyclic) bond motifs is 5. The molecular formula is C17H17ClN6O. The van der Waals surface area contributed by atoms with Gasteiger partial charge in [0.1, 0.15) is 5.84 Å². The Morgan fingerprint density at radius 3 is 2.88 bits per heavy atom. The summed E-state index contributed by atoms with van der Waals surface area (Å²) in [6.45, 7) is 3.95. The predicted molar refractivity (Wildman–Crippen MR) is 102 cm³/mol. The summed E-state index contributed by atoms with van der Waals surface area (Å²) in [4.78, 5) is 28.2. The molecule has 0 unspecified atom stereocenters. The highest BCUT2D eigenvalue weighted by Gasteiger charge is 2.12. The molecule has 0 spiro atoms. The number of rotatable bonds is 2. The fraction of sp³-hybridized carbons (Fsp3) is 0.176. The number of aromatic amines is 1. The first-order valence-corrected chi connectivity index (χ1v) is 7.67. The molecule has 7 nitrogen and oxygen atoms in total. The van der Waals surface area contributed by atoms with Crippen LogP contribution in [-0.2, 0) is 0 Å². The van der Waals surface area contributed by atoms with Crippen molar-refractivity contribution in [2.75, 3.05) is 0 Å². The highest BCUT2D eigenvalue weighted by molar-refractivity contribution is 6.01. The van der Waals surface area contributed by atoms with Gasteiger partial charge < -0.3 is 5.73 Å². The number of H-pyrrole nitrogens is 1. The lowest BCUT2D eigenvalue weighted by Crippen LogP contribution is -2.15. The van der Waals surface area contributed by atoms with Crippen LogP contribution in [0.2, 0.25) is 0 Å². The number of aliphatic imine (C=N–C) groups is 1. The number of aromatic nitrogens is 4. The van der Waals surface area contributed by atoms with E-state index >= 15 is 0 Å². The van der Waals surface area contributed by atoms with E-state index in [0.29, 0.717) is 22.6 Å². The second-order valence-corrected chi connectivity index (χ2v) is 5.91. The van der Waals surface area contributed by atoms with Crippen molar-refractivity contribution in [1.82, 2.24) is 19.4 Å². The molecule has 0 aliphatic heterocycles. The summed E-state index contributed by atoms with van der Waals surface area (Å²) in [6, 6.07) is 9.26. The number of nitrogens with one attached hydrogen (secondary N) is 1. The van der Waals surface area contributed by atoms with E-state index in [9.17, 15) is 4.79 Å². The van der Waals surface area contributed by atoms with Crippen molar-refractivity contribution in [2.45, 2.75) is 19.9 Å². The SMILES string of the molecule is CC(C)N=C(N)c1ccc2nc3[nH]c(=O)c4cccnc4n3c2c1.Cl. The molecule has 1 aromatic carbocycles. The Kier molecular flexibility index (Phi) is 4.18. The van der Waals surface area contributed by atoms with Crippen LogP contribution in [0.4, 0.5) is 0 Å². The number of hydrogen-bond donors (Lipinski definition) is 2. The lowest BCUT2D eigenvalue weighted by molar-refractivity contribution is 0.834. The number of halogens is 1. The number of nitrogens with zero attached hydrogens (tertiary/aromatic N) is 4. The largest absolute Gasteiger partial charge is 0.383 e. The van der Waals surface area contributed by atoms with Crippen molar-refractivity contribution < 1.29 is 0 Å². The van der Waals surface area contributed by atoms with Crippen molar-refractivity contribution in [3.05, 3.63) is 52.4 Å². The van der Waals surface area contributed by atoms with Crippen molar-refractivity contribution in [2.24, 2.45) is 10.7 Å². The van der Waals surface area contributed by atoms with Gasteiger partial charge in [-0.05, 0) is 44.2 Å². The standard InChI is InChI=1S/C17H16N6O.ClH/c1-9(2)20-14(18)10-5-6-12-13(8-10)23-15-11(4-3-7-19-15)16(24)22-17(23)21-12;/h3-9H,1-2H3,(H2,18,20)(H,21,22,24);1H. The fourth-order valence-corrected chi connectivity index (χ4v) is 2.81. The molecule has 4 aromatic rings. The van der Waals surface area contributed by atoms with Crippen LogP contribution < -0.4 is 11.3 Å². The minimum atomic E-state index is -0.206. The van der Waals surface area contributed by atoms with Gasteiger partial charge in [0.2, 0.25) is 5.78 Å². The Bertz CT molecular complexity index is 1170. The summed E-state index contributed by atoms with van der Waals surface area (Å²) in [7, 11) is 0. The Morgan fingerprint density at radius 1 is 1.32 bits per heavy atom. The molecule has 0 amide bonds. The van der Waals surface area contributed by atoms with Crippen LogP contribution in [-0.4, -0.2) is 31.2 Å². The molecule has 3 aromatic heterocycles. The average Bonchev–Trinajstić information content (AvgIpc) is 2.91. The average molecular weight is 357 g/mol. The molecule has 0 atom stereocenters. The van der Waals surface area contributed by atoms with Crippen LogP contribution in [0.5, 0.6) is 0 Å². The summed E-state index contributed by atoms with van der Waals surface area (Å²) in [5, 5.41) is 0.513. The zero-order valence-corrected chi connectivity index (χ0v) is 14.5. The van der Waals surface area contributed by atoms with Gasteiger partial charge >= 0.3 is 0 Å². The number of imidazole rings is 1. The third-order valence-corrected chi connectivity index (χ3v) is 3.82. The number of benzene rings is 1. The zero-order chi connectivity index (χ0) is 16.8. The number of amidine groups is 1. The van der Waals surface area contributed by atoms with E-state index in [0.717, 1.165) is 16.6 Å². The molecular weight excluding hydrogens is 340 g/mol. The molecule has 0 saturated heterocycles. The van der Waals surface area contributed by atoms with Crippen LogP contribution in [0.25, 0.3) is 27.8 Å². The summed E-state index contributed by atoms with van der Waals surface area (Å²) >= 11 is 0. The molecule has 0 radical (unpaired) electrons. The maximum atomic E-state index is 12.2. The van der Waals surface area contributed by atoms with Gasteiger partial charge in [0, 0.05) is 17.8 Å². The molecule has 0 aliphatic carbocycles. The van der Waals surface area contributed by atoms with Crippen LogP contribution in [0.3, 0.4) is 0 Å². The molecule has 0 bridgehead atoms. The van der Waals surface area contributed by atoms with E-state index < -0.39 is 0 Å². The third-order valence-electron chi connectivity index (χ3n) is 3.82. The first-order valence-electron chi connectivity index (χ1n) is 7.67. The quantitative estimate of drug-likeness (QED) is 0.425. The summed E-state index contributed by atoms with van der Waals surface area (Å²) in [5.41, 5.74) is 8.83. The molecule has 8 heteroatoms. The van der Waals surface area contributed by atoms with Crippen LogP contribution >= 0.6 is 12.4 Å². The monoisotopic (exact) mass is 356 g/mol. The second kappa shape index (κ2) is 6.18. The van der Waals surface area contributed by atoms with E-state index in [2.05, 4.69) is 19.9 Å². The maximum absolute atomic E-state index is 12.2. The van der Waals surface area contributed by atoms with E-state index in [1.54, 1.807) is 18.3 Å². The Balaban J connectivity index is 0.00000182. The number of nitrogens with two attached hydrogens (primary N) is 1. The van der Waals surface area contributed by atoms with Gasteiger partial charge in [0.25, 0.3) is 5.56 Å². The van der Waals surface area contributed by atoms with Gasteiger partial charge in [-0.15, -0.1) is 12.4 Å². The molecule has 0 fully saturated rings. The van der Waals surface area contributed by atoms with Crippen molar-refractivity contribution in [3.63, 3.8) is 0 Å². The fourth-order valence-electron chi connectivity index (χ4n) is 2.81. The summed E-state index contributed by atoms with van der Waals surface area (Å²) in [6.07, 6.45) is 1.66. The Hall–Kier alpha value is -2.93. The molecule has 4 rings (SSSR count). The van der Waals surface area contributed by atoms with Gasteiger partial charge in [0.05, 0.1) is 16.4 Å². The van der Waals surface area contributed by atoms with E-state index in [4.69, 9.17) is 5.73 Å². The molecule has 128 valence electrons. The zero-order valence-electron chi connectivity index (χ0n) is 13.7. The topological polar surface area (TPSA) is 101 Å².